The highest BCUT2D eigenvalue weighted by Gasteiger charge is 2.26. The van der Waals surface area contributed by atoms with Crippen molar-refractivity contribution in [3.63, 3.8) is 0 Å². The number of rotatable bonds is 6. The molecule has 2 aromatic heterocycles. The summed E-state index contributed by atoms with van der Waals surface area (Å²) in [6.07, 6.45) is 3.19. The number of benzene rings is 3. The van der Waals surface area contributed by atoms with E-state index in [-0.39, 0.29) is 10.6 Å². The number of aromatic hydroxyl groups is 1. The molecule has 5 aromatic rings. The Morgan fingerprint density at radius 3 is 2.51 bits per heavy atom. The van der Waals surface area contributed by atoms with Gasteiger partial charge in [0, 0.05) is 24.0 Å². The van der Waals surface area contributed by atoms with Crippen LogP contribution in [0.15, 0.2) is 104 Å². The highest BCUT2D eigenvalue weighted by atomic mass is 32.2. The molecule has 0 saturated carbocycles. The first kappa shape index (κ1) is 25.3. The van der Waals surface area contributed by atoms with Gasteiger partial charge in [-0.15, -0.1) is 11.3 Å². The topological polar surface area (TPSA) is 110 Å². The number of phenolic OH excluding ortho intramolecular Hbond substituents is 1. The summed E-state index contributed by atoms with van der Waals surface area (Å²) >= 11 is 1.36. The quantitative estimate of drug-likeness (QED) is 0.300. The molecule has 3 heterocycles. The molecule has 0 amide bonds. The second kappa shape index (κ2) is 10.6. The summed E-state index contributed by atoms with van der Waals surface area (Å²) < 4.78 is 39.9. The van der Waals surface area contributed by atoms with Gasteiger partial charge >= 0.3 is 0 Å². The molecule has 0 aliphatic carbocycles. The van der Waals surface area contributed by atoms with Crippen LogP contribution >= 0.6 is 11.3 Å². The summed E-state index contributed by atoms with van der Waals surface area (Å²) in [7, 11) is -3.60. The Bertz CT molecular complexity index is 1820. The number of nitrogens with zero attached hydrogens (tertiary/aromatic N) is 4. The first-order valence-electron chi connectivity index (χ1n) is 12.2. The number of hydrogen-bond donors (Lipinski definition) is 1. The Morgan fingerprint density at radius 1 is 0.949 bits per heavy atom. The smallest absolute Gasteiger partial charge is 0.243 e. The Kier molecular flexibility index (Phi) is 6.88. The van der Waals surface area contributed by atoms with Gasteiger partial charge in [0.25, 0.3) is 0 Å². The van der Waals surface area contributed by atoms with E-state index in [0.29, 0.717) is 53.8 Å². The van der Waals surface area contributed by atoms with Gasteiger partial charge in [-0.1, -0.05) is 30.3 Å². The first-order valence-corrected chi connectivity index (χ1v) is 14.5. The fourth-order valence-electron chi connectivity index (χ4n) is 4.36. The summed E-state index contributed by atoms with van der Waals surface area (Å²) in [5, 5.41) is 19.0. The van der Waals surface area contributed by atoms with Crippen molar-refractivity contribution in [3.05, 3.63) is 94.8 Å². The molecule has 11 heteroatoms. The molecule has 9 nitrogen and oxygen atoms in total. The first-order chi connectivity index (χ1) is 19.0. The number of thiazole rings is 1. The van der Waals surface area contributed by atoms with E-state index >= 15 is 0 Å². The van der Waals surface area contributed by atoms with Crippen LogP contribution in [0.2, 0.25) is 0 Å². The fourth-order valence-corrected chi connectivity index (χ4v) is 6.60. The van der Waals surface area contributed by atoms with Crippen LogP contribution in [0.3, 0.4) is 0 Å². The van der Waals surface area contributed by atoms with Crippen molar-refractivity contribution >= 4 is 44.0 Å². The minimum Gasteiger partial charge on any atom is -0.507 e. The summed E-state index contributed by atoms with van der Waals surface area (Å²) in [4.78, 5) is 5.49. The van der Waals surface area contributed by atoms with Crippen molar-refractivity contribution in [2.24, 2.45) is 10.1 Å². The zero-order chi connectivity index (χ0) is 26.8. The minimum absolute atomic E-state index is 0.114. The molecule has 6 rings (SSSR count). The largest absolute Gasteiger partial charge is 0.507 e. The van der Waals surface area contributed by atoms with Crippen molar-refractivity contribution in [1.29, 1.82) is 0 Å². The van der Waals surface area contributed by atoms with Crippen molar-refractivity contribution in [2.45, 2.75) is 4.90 Å². The summed E-state index contributed by atoms with van der Waals surface area (Å²) in [6.45, 7) is 1.45. The third-order valence-electron chi connectivity index (χ3n) is 6.38. The molecule has 0 unspecified atom stereocenters. The zero-order valence-electron chi connectivity index (χ0n) is 20.7. The average Bonchev–Trinajstić information content (AvgIpc) is 3.64. The van der Waals surface area contributed by atoms with Gasteiger partial charge in [0.2, 0.25) is 14.8 Å². The van der Waals surface area contributed by atoms with Gasteiger partial charge in [-0.2, -0.15) is 9.41 Å². The second-order valence-electron chi connectivity index (χ2n) is 8.78. The lowest BCUT2D eigenvalue weighted by molar-refractivity contribution is 0.0730. The third-order valence-corrected chi connectivity index (χ3v) is 9.11. The van der Waals surface area contributed by atoms with Crippen molar-refractivity contribution < 1.29 is 22.7 Å². The number of hydrogen-bond acceptors (Lipinski definition) is 8. The van der Waals surface area contributed by atoms with Crippen LogP contribution in [0.1, 0.15) is 5.56 Å². The highest BCUT2D eigenvalue weighted by molar-refractivity contribution is 7.89. The maximum absolute atomic E-state index is 13.0. The second-order valence-corrected chi connectivity index (χ2v) is 11.6. The normalized spacial score (nSPS) is 15.4. The monoisotopic (exact) mass is 560 g/mol. The predicted molar refractivity (Wildman–Crippen MR) is 150 cm³/mol. The molecule has 1 aliphatic rings. The maximum atomic E-state index is 13.0. The maximum Gasteiger partial charge on any atom is 0.243 e. The highest BCUT2D eigenvalue weighted by Crippen LogP contribution is 2.27. The molecule has 0 bridgehead atoms. The Balaban J connectivity index is 1.39. The zero-order valence-corrected chi connectivity index (χ0v) is 22.3. The van der Waals surface area contributed by atoms with Crippen molar-refractivity contribution in [3.8, 4) is 17.2 Å². The molecule has 39 heavy (non-hydrogen) atoms. The molecule has 0 spiro atoms. The van der Waals surface area contributed by atoms with Crippen LogP contribution < -0.4 is 4.80 Å². The standard InChI is InChI=1S/C28H24N4O5S2/c33-26-12-7-20-4-1-2-5-23(20)24(26)18-29-32-25(27-6-3-15-37-27)19-38-28(32)30-21-8-10-22(11-9-21)39(34,35)31-13-16-36-17-14-31/h1-12,15,18-19,33H,13-14,16-17H2. The molecular formula is C28H24N4O5S2. The molecule has 1 saturated heterocycles. The summed E-state index contributed by atoms with van der Waals surface area (Å²) in [5.41, 5.74) is 1.84. The summed E-state index contributed by atoms with van der Waals surface area (Å²) in [5.74, 6) is 0.724. The van der Waals surface area contributed by atoms with Gasteiger partial charge in [0.15, 0.2) is 5.76 Å². The molecule has 1 aliphatic heterocycles. The fraction of sp³-hybridized carbons (Fsp3) is 0.143. The van der Waals surface area contributed by atoms with Crippen LogP contribution in [-0.4, -0.2) is 55.0 Å². The van der Waals surface area contributed by atoms with E-state index in [1.54, 1.807) is 53.6 Å². The van der Waals surface area contributed by atoms with Crippen LogP contribution in [0, 0.1) is 0 Å². The molecule has 1 fully saturated rings. The number of furan rings is 1. The van der Waals surface area contributed by atoms with E-state index in [1.165, 1.54) is 15.6 Å². The Labute approximate surface area is 228 Å². The predicted octanol–water partition coefficient (Wildman–Crippen LogP) is 4.80. The molecule has 198 valence electrons. The molecule has 0 radical (unpaired) electrons. The SMILES string of the molecule is O=S(=O)(c1ccc(N=c2scc(-c3ccco3)n2N=Cc2c(O)ccc3ccccc23)cc1)N1CCOCC1. The number of fused-ring (bicyclic) bond motifs is 1. The third kappa shape index (κ3) is 5.04. The van der Waals surface area contributed by atoms with Crippen LogP contribution in [0.25, 0.3) is 22.2 Å². The van der Waals surface area contributed by atoms with Gasteiger partial charge in [-0.3, -0.25) is 0 Å². The Hall–Kier alpha value is -4.03. The number of ether oxygens (including phenoxy) is 1. The van der Waals surface area contributed by atoms with E-state index < -0.39 is 10.0 Å². The number of phenols is 1. The average molecular weight is 561 g/mol. The van der Waals surface area contributed by atoms with Crippen LogP contribution in [0.4, 0.5) is 5.69 Å². The van der Waals surface area contributed by atoms with E-state index in [4.69, 9.17) is 19.2 Å². The molecule has 0 atom stereocenters. The van der Waals surface area contributed by atoms with Gasteiger partial charge < -0.3 is 14.3 Å². The number of aromatic nitrogens is 1. The molecule has 1 N–H and O–H groups in total. The van der Waals surface area contributed by atoms with Crippen molar-refractivity contribution in [2.75, 3.05) is 26.3 Å². The lowest BCUT2D eigenvalue weighted by Crippen LogP contribution is -2.40. The molecule has 3 aromatic carbocycles. The van der Waals surface area contributed by atoms with Gasteiger partial charge in [0.1, 0.15) is 11.4 Å². The lowest BCUT2D eigenvalue weighted by Gasteiger charge is -2.26. The van der Waals surface area contributed by atoms with Gasteiger partial charge in [-0.05, 0) is 53.2 Å². The molecular weight excluding hydrogens is 536 g/mol. The van der Waals surface area contributed by atoms with Crippen molar-refractivity contribution in [1.82, 2.24) is 8.98 Å². The number of sulfonamides is 1. The lowest BCUT2D eigenvalue weighted by atomic mass is 10.0. The van der Waals surface area contributed by atoms with Crippen LogP contribution in [-0.2, 0) is 14.8 Å². The number of morpholine rings is 1. The van der Waals surface area contributed by atoms with E-state index in [0.717, 1.165) is 10.8 Å². The van der Waals surface area contributed by atoms with E-state index in [2.05, 4.69) is 0 Å². The van der Waals surface area contributed by atoms with Gasteiger partial charge in [-0.25, -0.2) is 18.1 Å². The minimum atomic E-state index is -3.60. The summed E-state index contributed by atoms with van der Waals surface area (Å²) in [6, 6.07) is 21.4. The Morgan fingerprint density at radius 2 is 1.74 bits per heavy atom. The van der Waals surface area contributed by atoms with Crippen LogP contribution in [0.5, 0.6) is 5.75 Å². The van der Waals surface area contributed by atoms with Gasteiger partial charge in [0.05, 0.1) is 36.3 Å². The van der Waals surface area contributed by atoms with E-state index in [1.807, 2.05) is 41.8 Å². The van der Waals surface area contributed by atoms with E-state index in [9.17, 15) is 13.5 Å².